The number of hydrogen-bond donors (Lipinski definition) is 0. The maximum atomic E-state index is 12.9. The van der Waals surface area contributed by atoms with Crippen molar-refractivity contribution in [1.82, 2.24) is 4.57 Å². The monoisotopic (exact) mass is 465 g/mol. The van der Waals surface area contributed by atoms with Crippen molar-refractivity contribution in [2.75, 3.05) is 27.4 Å². The average molecular weight is 466 g/mol. The molecule has 1 heterocycles. The highest BCUT2D eigenvalue weighted by molar-refractivity contribution is 7.16. The van der Waals surface area contributed by atoms with Gasteiger partial charge in [0.1, 0.15) is 0 Å². The molecule has 0 aliphatic heterocycles. The van der Waals surface area contributed by atoms with Gasteiger partial charge in [-0.15, -0.1) is 0 Å². The van der Waals surface area contributed by atoms with Crippen LogP contribution in [-0.2, 0) is 11.3 Å². The zero-order valence-electron chi connectivity index (χ0n) is 17.1. The van der Waals surface area contributed by atoms with E-state index in [4.69, 9.17) is 25.8 Å². The summed E-state index contributed by atoms with van der Waals surface area (Å²) in [6, 6.07) is 7.28. The molecule has 1 amide bonds. The maximum Gasteiger partial charge on any atom is 0.281 e. The van der Waals surface area contributed by atoms with Crippen molar-refractivity contribution in [3.05, 3.63) is 55.8 Å². The van der Waals surface area contributed by atoms with Gasteiger partial charge in [-0.3, -0.25) is 14.9 Å². The zero-order chi connectivity index (χ0) is 22.5. The number of rotatable bonds is 8. The number of halogens is 1. The first-order chi connectivity index (χ1) is 14.9. The Labute approximate surface area is 186 Å². The van der Waals surface area contributed by atoms with E-state index in [0.717, 1.165) is 16.3 Å². The van der Waals surface area contributed by atoms with Crippen LogP contribution in [0.25, 0.3) is 10.2 Å². The molecule has 3 rings (SSSR count). The minimum atomic E-state index is -0.677. The number of ether oxygens (including phenoxy) is 3. The second-order valence-corrected chi connectivity index (χ2v) is 7.66. The van der Waals surface area contributed by atoms with Crippen molar-refractivity contribution in [1.29, 1.82) is 0 Å². The number of carbonyl (C=O) groups excluding carboxylic acids is 1. The van der Waals surface area contributed by atoms with Gasteiger partial charge in [0.2, 0.25) is 0 Å². The molecule has 0 unspecified atom stereocenters. The average Bonchev–Trinajstić information content (AvgIpc) is 3.08. The smallest absolute Gasteiger partial charge is 0.281 e. The lowest BCUT2D eigenvalue weighted by Gasteiger charge is -2.09. The number of nitrogens with zero attached hydrogens (tertiary/aromatic N) is 3. The molecule has 1 aromatic heterocycles. The summed E-state index contributed by atoms with van der Waals surface area (Å²) in [6.07, 6.45) is 0. The van der Waals surface area contributed by atoms with Crippen molar-refractivity contribution in [3.63, 3.8) is 0 Å². The third kappa shape index (κ3) is 4.87. The van der Waals surface area contributed by atoms with Crippen molar-refractivity contribution >= 4 is 44.7 Å². The third-order valence-corrected chi connectivity index (χ3v) is 5.81. The van der Waals surface area contributed by atoms with Crippen LogP contribution in [0.3, 0.4) is 0 Å². The van der Waals surface area contributed by atoms with Crippen LogP contribution in [0.5, 0.6) is 11.5 Å². The van der Waals surface area contributed by atoms with E-state index in [1.54, 1.807) is 26.4 Å². The topological polar surface area (TPSA) is 105 Å². The summed E-state index contributed by atoms with van der Waals surface area (Å²) >= 11 is 7.38. The lowest BCUT2D eigenvalue weighted by atomic mass is 10.2. The number of non-ortho nitro benzene ring substituents is 1. The molecule has 2 aromatic carbocycles. The molecule has 0 bridgehead atoms. The van der Waals surface area contributed by atoms with Crippen LogP contribution in [0, 0.1) is 10.1 Å². The van der Waals surface area contributed by atoms with E-state index < -0.39 is 10.8 Å². The van der Waals surface area contributed by atoms with Gasteiger partial charge in [-0.1, -0.05) is 22.9 Å². The lowest BCUT2D eigenvalue weighted by molar-refractivity contribution is -0.384. The summed E-state index contributed by atoms with van der Waals surface area (Å²) in [6.45, 7) is 3.30. The highest BCUT2D eigenvalue weighted by Crippen LogP contribution is 2.33. The molecule has 164 valence electrons. The molecule has 31 heavy (non-hydrogen) atoms. The van der Waals surface area contributed by atoms with E-state index >= 15 is 0 Å². The fourth-order valence-corrected chi connectivity index (χ4v) is 4.20. The number of amides is 1. The first-order valence-corrected chi connectivity index (χ1v) is 10.4. The lowest BCUT2D eigenvalue weighted by Crippen LogP contribution is -2.20. The van der Waals surface area contributed by atoms with E-state index in [1.807, 2.05) is 11.5 Å². The molecule has 0 aliphatic carbocycles. The summed E-state index contributed by atoms with van der Waals surface area (Å²) in [5, 5.41) is 11.2. The number of aromatic nitrogens is 1. The Balaban J connectivity index is 2.16. The third-order valence-electron chi connectivity index (χ3n) is 4.44. The Kier molecular flexibility index (Phi) is 7.26. The van der Waals surface area contributed by atoms with Gasteiger partial charge in [0.05, 0.1) is 46.6 Å². The standard InChI is InChI=1S/C20H20ClN3O6S/c1-4-30-8-7-23-15-10-16(28-2)17(29-3)11-18(15)31-20(23)22-19(25)13-9-12(24(26)27)5-6-14(13)21/h5-6,9-11H,4,7-8H2,1-3H3. The van der Waals surface area contributed by atoms with E-state index in [9.17, 15) is 14.9 Å². The molecule has 0 aliphatic rings. The van der Waals surface area contributed by atoms with Crippen LogP contribution in [0.15, 0.2) is 35.3 Å². The van der Waals surface area contributed by atoms with Gasteiger partial charge in [-0.2, -0.15) is 4.99 Å². The Morgan fingerprint density at radius 1 is 1.23 bits per heavy atom. The normalized spacial score (nSPS) is 11.7. The van der Waals surface area contributed by atoms with Crippen LogP contribution in [0.1, 0.15) is 17.3 Å². The summed E-state index contributed by atoms with van der Waals surface area (Å²) in [5.74, 6) is 0.412. The summed E-state index contributed by atoms with van der Waals surface area (Å²) in [4.78, 5) is 27.9. The molecule has 0 atom stereocenters. The Morgan fingerprint density at radius 2 is 1.94 bits per heavy atom. The minimum absolute atomic E-state index is 0.0418. The van der Waals surface area contributed by atoms with Crippen LogP contribution in [-0.4, -0.2) is 42.8 Å². The highest BCUT2D eigenvalue weighted by atomic mass is 35.5. The van der Waals surface area contributed by atoms with E-state index in [-0.39, 0.29) is 16.3 Å². The van der Waals surface area contributed by atoms with Crippen LogP contribution < -0.4 is 14.3 Å². The van der Waals surface area contributed by atoms with Crippen LogP contribution in [0.2, 0.25) is 5.02 Å². The first kappa shape index (κ1) is 22.7. The number of methoxy groups -OCH3 is 2. The Hall–Kier alpha value is -2.95. The highest BCUT2D eigenvalue weighted by Gasteiger charge is 2.17. The first-order valence-electron chi connectivity index (χ1n) is 9.25. The zero-order valence-corrected chi connectivity index (χ0v) is 18.7. The van der Waals surface area contributed by atoms with Gasteiger partial charge in [0.25, 0.3) is 11.6 Å². The fourth-order valence-electron chi connectivity index (χ4n) is 2.94. The van der Waals surface area contributed by atoms with Gasteiger partial charge in [0, 0.05) is 37.4 Å². The van der Waals surface area contributed by atoms with Crippen LogP contribution >= 0.6 is 22.9 Å². The van der Waals surface area contributed by atoms with E-state index in [0.29, 0.717) is 36.1 Å². The fraction of sp³-hybridized carbons (Fsp3) is 0.300. The van der Waals surface area contributed by atoms with Gasteiger partial charge in [-0.05, 0) is 13.0 Å². The molecule has 11 heteroatoms. The van der Waals surface area contributed by atoms with Gasteiger partial charge < -0.3 is 18.8 Å². The van der Waals surface area contributed by atoms with Crippen molar-refractivity contribution in [3.8, 4) is 11.5 Å². The van der Waals surface area contributed by atoms with E-state index in [1.165, 1.54) is 23.5 Å². The molecule has 0 fully saturated rings. The van der Waals surface area contributed by atoms with Crippen molar-refractivity contribution in [2.45, 2.75) is 13.5 Å². The predicted octanol–water partition coefficient (Wildman–Crippen LogP) is 4.06. The number of nitro groups is 1. The van der Waals surface area contributed by atoms with Gasteiger partial charge in [-0.25, -0.2) is 0 Å². The molecular formula is C20H20ClN3O6S. The number of hydrogen-bond acceptors (Lipinski definition) is 7. The van der Waals surface area contributed by atoms with E-state index in [2.05, 4.69) is 4.99 Å². The number of nitro benzene ring substituents is 1. The SMILES string of the molecule is CCOCCn1c(=NC(=O)c2cc([N+](=O)[O-])ccc2Cl)sc2cc(OC)c(OC)cc21. The second kappa shape index (κ2) is 9.90. The number of thiazole rings is 1. The van der Waals surface area contributed by atoms with Crippen molar-refractivity contribution in [2.24, 2.45) is 4.99 Å². The quantitative estimate of drug-likeness (QED) is 0.282. The molecule has 3 aromatic rings. The molecule has 0 N–H and O–H groups in total. The Morgan fingerprint density at radius 3 is 2.58 bits per heavy atom. The molecule has 0 saturated carbocycles. The second-order valence-electron chi connectivity index (χ2n) is 6.25. The van der Waals surface area contributed by atoms with Gasteiger partial charge >= 0.3 is 0 Å². The largest absolute Gasteiger partial charge is 0.493 e. The molecular weight excluding hydrogens is 446 g/mol. The summed E-state index contributed by atoms with van der Waals surface area (Å²) in [5.41, 5.74) is 0.511. The summed E-state index contributed by atoms with van der Waals surface area (Å²) < 4.78 is 18.9. The summed E-state index contributed by atoms with van der Waals surface area (Å²) in [7, 11) is 3.08. The maximum absolute atomic E-state index is 12.9. The molecule has 0 saturated heterocycles. The number of fused-ring (bicyclic) bond motifs is 1. The number of benzene rings is 2. The molecule has 0 radical (unpaired) electrons. The molecule has 9 nitrogen and oxygen atoms in total. The predicted molar refractivity (Wildman–Crippen MR) is 117 cm³/mol. The van der Waals surface area contributed by atoms with Gasteiger partial charge in [0.15, 0.2) is 16.3 Å². The van der Waals surface area contributed by atoms with Crippen LogP contribution in [0.4, 0.5) is 5.69 Å². The minimum Gasteiger partial charge on any atom is -0.493 e. The molecule has 0 spiro atoms. The Bertz CT molecular complexity index is 1200. The van der Waals surface area contributed by atoms with Crippen molar-refractivity contribution < 1.29 is 23.9 Å². The number of carbonyl (C=O) groups is 1.